The van der Waals surface area contributed by atoms with Gasteiger partial charge in [0.05, 0.1) is 12.8 Å². The Morgan fingerprint density at radius 1 is 0.970 bits per heavy atom. The number of nitrogens with zero attached hydrogens (tertiary/aromatic N) is 1. The lowest BCUT2D eigenvalue weighted by Gasteiger charge is -2.13. The van der Waals surface area contributed by atoms with E-state index in [1.807, 2.05) is 45.9 Å². The van der Waals surface area contributed by atoms with Crippen LogP contribution in [0.2, 0.25) is 0 Å². The molecule has 0 heterocycles. The van der Waals surface area contributed by atoms with E-state index in [-0.39, 0.29) is 12.5 Å². The molecule has 0 aliphatic heterocycles. The van der Waals surface area contributed by atoms with Gasteiger partial charge >= 0.3 is 11.8 Å². The van der Waals surface area contributed by atoms with Crippen molar-refractivity contribution in [3.05, 3.63) is 53.1 Å². The third-order valence-corrected chi connectivity index (χ3v) is 4.40. The van der Waals surface area contributed by atoms with Crippen LogP contribution in [0.1, 0.15) is 37.0 Å². The molecule has 0 bridgehead atoms. The highest BCUT2D eigenvalue weighted by Crippen LogP contribution is 2.28. The number of ether oxygens (including phenoxy) is 2. The van der Waals surface area contributed by atoms with Gasteiger partial charge in [-0.05, 0) is 62.6 Å². The molecule has 0 aliphatic rings. The van der Waals surface area contributed by atoms with Crippen LogP contribution in [-0.4, -0.2) is 43.7 Å². The molecular weight excluding hydrogens is 424 g/mol. The number of benzene rings is 2. The van der Waals surface area contributed by atoms with Crippen LogP contribution in [0.5, 0.6) is 11.5 Å². The van der Waals surface area contributed by atoms with E-state index in [1.54, 1.807) is 18.2 Å². The SMILES string of the molecule is CCCNC(=O)C(=O)N/N=C\c1ccc(OCC(=O)Nc2ccc(C)cc2C)c(OCC)c1. The lowest BCUT2D eigenvalue weighted by molar-refractivity contribution is -0.139. The van der Waals surface area contributed by atoms with Gasteiger partial charge in [0, 0.05) is 12.2 Å². The van der Waals surface area contributed by atoms with Crippen LogP contribution in [0.25, 0.3) is 0 Å². The highest BCUT2D eigenvalue weighted by atomic mass is 16.5. The minimum absolute atomic E-state index is 0.191. The highest BCUT2D eigenvalue weighted by molar-refractivity contribution is 6.35. The normalized spacial score (nSPS) is 10.5. The molecule has 33 heavy (non-hydrogen) atoms. The molecule has 3 amide bonds. The van der Waals surface area contributed by atoms with E-state index in [4.69, 9.17) is 9.47 Å². The molecular formula is C24H30N4O5. The van der Waals surface area contributed by atoms with Gasteiger partial charge in [0.15, 0.2) is 18.1 Å². The fourth-order valence-electron chi connectivity index (χ4n) is 2.81. The number of hydrogen-bond donors (Lipinski definition) is 3. The predicted octanol–water partition coefficient (Wildman–Crippen LogP) is 2.70. The van der Waals surface area contributed by atoms with Gasteiger partial charge in [-0.1, -0.05) is 24.6 Å². The van der Waals surface area contributed by atoms with Crippen molar-refractivity contribution in [3.8, 4) is 11.5 Å². The van der Waals surface area contributed by atoms with Crippen LogP contribution in [0, 0.1) is 13.8 Å². The highest BCUT2D eigenvalue weighted by Gasteiger charge is 2.12. The Hall–Kier alpha value is -3.88. The van der Waals surface area contributed by atoms with Crippen molar-refractivity contribution in [2.75, 3.05) is 25.1 Å². The number of nitrogens with one attached hydrogen (secondary N) is 3. The molecule has 0 spiro atoms. The van der Waals surface area contributed by atoms with E-state index < -0.39 is 11.8 Å². The summed E-state index contributed by atoms with van der Waals surface area (Å²) in [5, 5.41) is 9.09. The van der Waals surface area contributed by atoms with Gasteiger partial charge in [-0.3, -0.25) is 14.4 Å². The fraction of sp³-hybridized carbons (Fsp3) is 0.333. The van der Waals surface area contributed by atoms with Crippen molar-refractivity contribution in [1.82, 2.24) is 10.7 Å². The first-order valence-corrected chi connectivity index (χ1v) is 10.7. The smallest absolute Gasteiger partial charge is 0.329 e. The molecule has 0 aliphatic carbocycles. The Morgan fingerprint density at radius 3 is 2.45 bits per heavy atom. The number of hydrazone groups is 1. The standard InChI is InChI=1S/C24H30N4O5/c1-5-11-25-23(30)24(31)28-26-14-18-8-10-20(21(13-18)32-6-2)33-15-22(29)27-19-9-7-16(3)12-17(19)4/h7-10,12-14H,5-6,11,15H2,1-4H3,(H,25,30)(H,27,29)(H,28,31)/b26-14-. The molecule has 0 saturated carbocycles. The number of amides is 3. The van der Waals surface area contributed by atoms with Crippen molar-refractivity contribution in [2.24, 2.45) is 5.10 Å². The molecule has 9 heteroatoms. The predicted molar refractivity (Wildman–Crippen MR) is 127 cm³/mol. The van der Waals surface area contributed by atoms with Gasteiger partial charge in [0.25, 0.3) is 5.91 Å². The maximum absolute atomic E-state index is 12.3. The Morgan fingerprint density at radius 2 is 1.76 bits per heavy atom. The van der Waals surface area contributed by atoms with E-state index >= 15 is 0 Å². The van der Waals surface area contributed by atoms with Crippen molar-refractivity contribution in [3.63, 3.8) is 0 Å². The minimum Gasteiger partial charge on any atom is -0.490 e. The van der Waals surface area contributed by atoms with Crippen molar-refractivity contribution in [2.45, 2.75) is 34.1 Å². The Labute approximate surface area is 193 Å². The van der Waals surface area contributed by atoms with E-state index in [0.29, 0.717) is 30.2 Å². The Bertz CT molecular complexity index is 1020. The average Bonchev–Trinajstić information content (AvgIpc) is 2.79. The zero-order chi connectivity index (χ0) is 24.2. The van der Waals surface area contributed by atoms with Crippen molar-refractivity contribution in [1.29, 1.82) is 0 Å². The topological polar surface area (TPSA) is 118 Å². The quantitative estimate of drug-likeness (QED) is 0.290. The zero-order valence-electron chi connectivity index (χ0n) is 19.4. The molecule has 9 nitrogen and oxygen atoms in total. The largest absolute Gasteiger partial charge is 0.490 e. The lowest BCUT2D eigenvalue weighted by atomic mass is 10.1. The maximum Gasteiger partial charge on any atom is 0.329 e. The molecule has 3 N–H and O–H groups in total. The summed E-state index contributed by atoms with van der Waals surface area (Å²) >= 11 is 0. The molecule has 0 fully saturated rings. The maximum atomic E-state index is 12.3. The molecule has 0 saturated heterocycles. The number of carbonyl (C=O) groups excluding carboxylic acids is 3. The first kappa shape index (κ1) is 25.4. The Kier molecular flexibility index (Phi) is 9.88. The monoisotopic (exact) mass is 454 g/mol. The lowest BCUT2D eigenvalue weighted by Crippen LogP contribution is -2.38. The van der Waals surface area contributed by atoms with Crippen LogP contribution in [-0.2, 0) is 14.4 Å². The van der Waals surface area contributed by atoms with Gasteiger partial charge in [-0.2, -0.15) is 5.10 Å². The molecule has 176 valence electrons. The fourth-order valence-corrected chi connectivity index (χ4v) is 2.81. The van der Waals surface area contributed by atoms with E-state index in [2.05, 4.69) is 21.2 Å². The van der Waals surface area contributed by atoms with Crippen LogP contribution < -0.4 is 25.5 Å². The Balaban J connectivity index is 1.97. The number of rotatable bonds is 10. The average molecular weight is 455 g/mol. The van der Waals surface area contributed by atoms with E-state index in [9.17, 15) is 14.4 Å². The minimum atomic E-state index is -0.848. The summed E-state index contributed by atoms with van der Waals surface area (Å²) < 4.78 is 11.3. The van der Waals surface area contributed by atoms with E-state index in [1.165, 1.54) is 6.21 Å². The third-order valence-electron chi connectivity index (χ3n) is 4.40. The van der Waals surface area contributed by atoms with Crippen LogP contribution in [0.4, 0.5) is 5.69 Å². The molecule has 0 radical (unpaired) electrons. The second kappa shape index (κ2) is 12.8. The second-order valence-corrected chi connectivity index (χ2v) is 7.25. The first-order valence-electron chi connectivity index (χ1n) is 10.7. The van der Waals surface area contributed by atoms with Gasteiger partial charge in [0.2, 0.25) is 0 Å². The zero-order valence-corrected chi connectivity index (χ0v) is 19.4. The summed E-state index contributed by atoms with van der Waals surface area (Å²) in [6.07, 6.45) is 2.11. The molecule has 0 aromatic heterocycles. The summed E-state index contributed by atoms with van der Waals surface area (Å²) in [7, 11) is 0. The van der Waals surface area contributed by atoms with Crippen LogP contribution in [0.3, 0.4) is 0 Å². The third kappa shape index (κ3) is 8.29. The van der Waals surface area contributed by atoms with Crippen molar-refractivity contribution >= 4 is 29.6 Å². The van der Waals surface area contributed by atoms with Crippen LogP contribution >= 0.6 is 0 Å². The molecule has 0 unspecified atom stereocenters. The summed E-state index contributed by atoms with van der Waals surface area (Å²) in [6.45, 7) is 8.24. The van der Waals surface area contributed by atoms with Crippen LogP contribution in [0.15, 0.2) is 41.5 Å². The van der Waals surface area contributed by atoms with Gasteiger partial charge < -0.3 is 20.1 Å². The number of hydrogen-bond acceptors (Lipinski definition) is 6. The summed E-state index contributed by atoms with van der Waals surface area (Å²) in [6, 6.07) is 10.8. The van der Waals surface area contributed by atoms with Gasteiger partial charge in [-0.25, -0.2) is 5.43 Å². The summed E-state index contributed by atoms with van der Waals surface area (Å²) in [4.78, 5) is 35.5. The van der Waals surface area contributed by atoms with Gasteiger partial charge in [-0.15, -0.1) is 0 Å². The molecule has 2 aromatic rings. The number of aryl methyl sites for hydroxylation is 2. The van der Waals surface area contributed by atoms with Crippen molar-refractivity contribution < 1.29 is 23.9 Å². The molecule has 2 rings (SSSR count). The summed E-state index contributed by atoms with van der Waals surface area (Å²) in [5.74, 6) is -1.06. The number of carbonyl (C=O) groups is 3. The number of anilines is 1. The van der Waals surface area contributed by atoms with Gasteiger partial charge in [0.1, 0.15) is 0 Å². The molecule has 0 atom stereocenters. The second-order valence-electron chi connectivity index (χ2n) is 7.25. The first-order chi connectivity index (χ1) is 15.8. The summed E-state index contributed by atoms with van der Waals surface area (Å²) in [5.41, 5.74) is 5.60. The van der Waals surface area contributed by atoms with E-state index in [0.717, 1.165) is 23.2 Å². The molecule has 2 aromatic carbocycles.